The van der Waals surface area contributed by atoms with Gasteiger partial charge in [-0.3, -0.25) is 0 Å². The minimum atomic E-state index is -0.183. The molecule has 21 heavy (non-hydrogen) atoms. The number of aromatic nitrogens is 2. The van der Waals surface area contributed by atoms with E-state index in [1.165, 1.54) is 0 Å². The van der Waals surface area contributed by atoms with Crippen LogP contribution in [-0.4, -0.2) is 33.1 Å². The number of nitrogens with zero attached hydrogens (tertiary/aromatic N) is 2. The summed E-state index contributed by atoms with van der Waals surface area (Å²) >= 11 is 1.82. The smallest absolute Gasteiger partial charge is 0.240 e. The van der Waals surface area contributed by atoms with Crippen molar-refractivity contribution >= 4 is 11.8 Å². The quantitative estimate of drug-likeness (QED) is 0.869. The number of ether oxygens (including phenoxy) is 1. The van der Waals surface area contributed by atoms with Gasteiger partial charge in [0.25, 0.3) is 0 Å². The molecule has 2 unspecified atom stereocenters. The molecule has 1 aromatic rings. The Bertz CT molecular complexity index is 473. The largest absolute Gasteiger partial charge is 0.368 e. The molecule has 6 heteroatoms. The summed E-state index contributed by atoms with van der Waals surface area (Å²) in [6, 6.07) is 0.283. The maximum absolute atomic E-state index is 6.08. The Morgan fingerprint density at radius 1 is 1.38 bits per heavy atom. The summed E-state index contributed by atoms with van der Waals surface area (Å²) in [5, 5.41) is 7.84. The van der Waals surface area contributed by atoms with Crippen LogP contribution in [0.5, 0.6) is 0 Å². The van der Waals surface area contributed by atoms with E-state index in [-0.39, 0.29) is 22.5 Å². The molecule has 2 atom stereocenters. The van der Waals surface area contributed by atoms with Gasteiger partial charge in [0, 0.05) is 6.04 Å². The van der Waals surface area contributed by atoms with Gasteiger partial charge in [0.05, 0.1) is 23.0 Å². The zero-order chi connectivity index (χ0) is 15.7. The topological polar surface area (TPSA) is 60.2 Å². The highest BCUT2D eigenvalue weighted by Gasteiger charge is 2.45. The van der Waals surface area contributed by atoms with Gasteiger partial charge in [0.1, 0.15) is 0 Å². The van der Waals surface area contributed by atoms with Gasteiger partial charge in [-0.25, -0.2) is 0 Å². The average Bonchev–Trinajstić information content (AvgIpc) is 2.89. The van der Waals surface area contributed by atoms with Gasteiger partial charge in [0.2, 0.25) is 5.89 Å². The second-order valence-electron chi connectivity index (χ2n) is 6.75. The normalized spacial score (nSPS) is 25.1. The summed E-state index contributed by atoms with van der Waals surface area (Å²) in [7, 11) is 0. The first-order chi connectivity index (χ1) is 9.73. The fraction of sp³-hybridized carbons (Fsp3) is 0.867. The van der Waals surface area contributed by atoms with Crippen LogP contribution in [0.1, 0.15) is 64.9 Å². The molecule has 0 spiro atoms. The van der Waals surface area contributed by atoms with E-state index in [0.717, 1.165) is 18.0 Å². The molecule has 1 N–H and O–H groups in total. The molecule has 1 aliphatic rings. The van der Waals surface area contributed by atoms with Crippen LogP contribution >= 0.6 is 11.8 Å². The Hall–Kier alpha value is -0.590. The van der Waals surface area contributed by atoms with Crippen molar-refractivity contribution in [3.63, 3.8) is 0 Å². The summed E-state index contributed by atoms with van der Waals surface area (Å²) in [4.78, 5) is 4.47. The van der Waals surface area contributed by atoms with E-state index in [9.17, 15) is 0 Å². The Morgan fingerprint density at radius 3 is 2.67 bits per heavy atom. The molecule has 0 bridgehead atoms. The molecule has 1 fully saturated rings. The maximum atomic E-state index is 6.08. The first kappa shape index (κ1) is 16.8. The van der Waals surface area contributed by atoms with E-state index in [1.54, 1.807) is 0 Å². The Kier molecular flexibility index (Phi) is 5.00. The first-order valence-corrected chi connectivity index (χ1v) is 8.66. The van der Waals surface area contributed by atoms with Crippen molar-refractivity contribution in [1.82, 2.24) is 15.5 Å². The van der Waals surface area contributed by atoms with Crippen molar-refractivity contribution in [2.24, 2.45) is 0 Å². The van der Waals surface area contributed by atoms with Crippen LogP contribution in [0.25, 0.3) is 0 Å². The van der Waals surface area contributed by atoms with Crippen LogP contribution in [0.4, 0.5) is 0 Å². The van der Waals surface area contributed by atoms with Gasteiger partial charge in [0.15, 0.2) is 5.82 Å². The lowest BCUT2D eigenvalue weighted by Crippen LogP contribution is -2.43. The van der Waals surface area contributed by atoms with Crippen molar-refractivity contribution in [1.29, 1.82) is 0 Å². The average molecular weight is 313 g/mol. The zero-order valence-corrected chi connectivity index (χ0v) is 14.7. The Balaban J connectivity index is 1.92. The molecule has 0 saturated carbocycles. The van der Waals surface area contributed by atoms with Crippen molar-refractivity contribution in [3.05, 3.63) is 11.7 Å². The minimum absolute atomic E-state index is 0.0898. The fourth-order valence-electron chi connectivity index (χ4n) is 2.92. The lowest BCUT2D eigenvalue weighted by Gasteiger charge is -2.27. The molecule has 0 aromatic carbocycles. The second-order valence-corrected chi connectivity index (χ2v) is 8.36. The number of hydrogen-bond donors (Lipinski definition) is 1. The SMILES string of the molecule is CCSC(C)c1noc(CNC2CC(C)(C)OC2(C)C)n1. The van der Waals surface area contributed by atoms with E-state index in [1.807, 2.05) is 11.8 Å². The standard InChI is InChI=1S/C15H27N3O2S/c1-7-21-10(2)13-17-12(19-18-13)9-16-11-8-14(3,4)20-15(11,5)6/h10-11,16H,7-9H2,1-6H3. The molecule has 120 valence electrons. The van der Waals surface area contributed by atoms with E-state index in [4.69, 9.17) is 9.26 Å². The van der Waals surface area contributed by atoms with Gasteiger partial charge in [-0.15, -0.1) is 0 Å². The lowest BCUT2D eigenvalue weighted by molar-refractivity contribution is -0.0700. The van der Waals surface area contributed by atoms with Gasteiger partial charge in [-0.05, 0) is 46.8 Å². The molecule has 0 radical (unpaired) electrons. The van der Waals surface area contributed by atoms with Crippen molar-refractivity contribution in [2.75, 3.05) is 5.75 Å². The predicted octanol–water partition coefficient (Wildman–Crippen LogP) is 3.32. The minimum Gasteiger partial charge on any atom is -0.368 e. The van der Waals surface area contributed by atoms with Gasteiger partial charge in [-0.1, -0.05) is 12.1 Å². The summed E-state index contributed by atoms with van der Waals surface area (Å²) in [5.74, 6) is 2.47. The van der Waals surface area contributed by atoms with Crippen LogP contribution in [0.2, 0.25) is 0 Å². The zero-order valence-electron chi connectivity index (χ0n) is 13.9. The molecule has 1 aliphatic heterocycles. The number of thioether (sulfide) groups is 1. The van der Waals surface area contributed by atoms with Gasteiger partial charge < -0.3 is 14.6 Å². The van der Waals surface area contributed by atoms with Crippen LogP contribution in [0.15, 0.2) is 4.52 Å². The third kappa shape index (κ3) is 4.20. The van der Waals surface area contributed by atoms with E-state index in [0.29, 0.717) is 12.4 Å². The molecule has 0 aliphatic carbocycles. The number of rotatable bonds is 6. The number of nitrogens with one attached hydrogen (secondary N) is 1. The molecule has 1 aromatic heterocycles. The molecule has 2 heterocycles. The van der Waals surface area contributed by atoms with Crippen molar-refractivity contribution in [3.8, 4) is 0 Å². The fourth-order valence-corrected chi connectivity index (χ4v) is 3.67. The van der Waals surface area contributed by atoms with Crippen LogP contribution in [-0.2, 0) is 11.3 Å². The maximum Gasteiger partial charge on any atom is 0.240 e. The van der Waals surface area contributed by atoms with Crippen molar-refractivity contribution < 1.29 is 9.26 Å². The highest BCUT2D eigenvalue weighted by Crippen LogP contribution is 2.37. The third-order valence-electron chi connectivity index (χ3n) is 3.84. The summed E-state index contributed by atoms with van der Waals surface area (Å²) < 4.78 is 11.4. The third-order valence-corrected chi connectivity index (χ3v) is 4.88. The van der Waals surface area contributed by atoms with Crippen LogP contribution in [0.3, 0.4) is 0 Å². The first-order valence-electron chi connectivity index (χ1n) is 7.61. The molecular formula is C15H27N3O2S. The number of hydrogen-bond acceptors (Lipinski definition) is 6. The summed E-state index contributed by atoms with van der Waals surface area (Å²) in [6.45, 7) is 13.3. The molecule has 0 amide bonds. The molecule has 5 nitrogen and oxygen atoms in total. The highest BCUT2D eigenvalue weighted by atomic mass is 32.2. The molecular weight excluding hydrogens is 286 g/mol. The predicted molar refractivity (Wildman–Crippen MR) is 85.3 cm³/mol. The van der Waals surface area contributed by atoms with Crippen LogP contribution in [0, 0.1) is 0 Å². The molecule has 2 rings (SSSR count). The van der Waals surface area contributed by atoms with Crippen molar-refractivity contribution in [2.45, 2.75) is 77.0 Å². The summed E-state index contributed by atoms with van der Waals surface area (Å²) in [6.07, 6.45) is 0.975. The summed E-state index contributed by atoms with van der Waals surface area (Å²) in [5.41, 5.74) is -0.273. The van der Waals surface area contributed by atoms with Gasteiger partial charge >= 0.3 is 0 Å². The van der Waals surface area contributed by atoms with Gasteiger partial charge in [-0.2, -0.15) is 16.7 Å². The monoisotopic (exact) mass is 313 g/mol. The van der Waals surface area contributed by atoms with E-state index < -0.39 is 0 Å². The van der Waals surface area contributed by atoms with E-state index >= 15 is 0 Å². The highest BCUT2D eigenvalue weighted by molar-refractivity contribution is 7.99. The lowest BCUT2D eigenvalue weighted by atomic mass is 9.94. The molecule has 1 saturated heterocycles. The van der Waals surface area contributed by atoms with Crippen LogP contribution < -0.4 is 5.32 Å². The second kappa shape index (κ2) is 6.26. The van der Waals surface area contributed by atoms with E-state index in [2.05, 4.69) is 57.0 Å². The Labute approximate surface area is 131 Å². The Morgan fingerprint density at radius 2 is 2.10 bits per heavy atom.